The maximum absolute atomic E-state index is 9.45. The maximum Gasteiger partial charge on any atom is 0.224 e. The van der Waals surface area contributed by atoms with Gasteiger partial charge in [-0.1, -0.05) is 24.3 Å². The van der Waals surface area contributed by atoms with Crippen molar-refractivity contribution in [1.82, 2.24) is 15.3 Å². The number of benzene rings is 2. The van der Waals surface area contributed by atoms with Crippen molar-refractivity contribution in [2.75, 3.05) is 44.3 Å². The zero-order chi connectivity index (χ0) is 22.6. The van der Waals surface area contributed by atoms with Crippen LogP contribution in [0.15, 0.2) is 48.5 Å². The van der Waals surface area contributed by atoms with Gasteiger partial charge in [-0.15, -0.1) is 0 Å². The smallest absolute Gasteiger partial charge is 0.224 e. The van der Waals surface area contributed by atoms with Crippen LogP contribution in [-0.2, 0) is 4.74 Å². The molecule has 1 unspecified atom stereocenters. The molecule has 3 heterocycles. The summed E-state index contributed by atoms with van der Waals surface area (Å²) >= 11 is 0. The summed E-state index contributed by atoms with van der Waals surface area (Å²) in [5.41, 5.74) is 3.86. The van der Waals surface area contributed by atoms with Crippen LogP contribution in [0, 0.1) is 18.3 Å². The predicted octanol–water partition coefficient (Wildman–Crippen LogP) is 4.03. The molecule has 168 valence electrons. The average Bonchev–Trinajstić information content (AvgIpc) is 3.39. The fourth-order valence-electron chi connectivity index (χ4n) is 4.43. The highest BCUT2D eigenvalue weighted by Crippen LogP contribution is 2.35. The summed E-state index contributed by atoms with van der Waals surface area (Å²) in [5, 5.41) is 12.9. The van der Waals surface area contributed by atoms with E-state index in [2.05, 4.69) is 50.5 Å². The number of nitrogens with zero attached hydrogens (tertiary/aromatic N) is 4. The third-order valence-corrected chi connectivity index (χ3v) is 6.21. The maximum atomic E-state index is 9.45. The van der Waals surface area contributed by atoms with E-state index in [-0.39, 0.29) is 0 Å². The molecule has 2 aliphatic heterocycles. The molecule has 2 saturated heterocycles. The SMILES string of the molecule is Cc1nc(Oc2cc(C#N)ccc2-c2ccc(C3CCNC3)cc2)cc(N2CCOCC2)n1. The zero-order valence-electron chi connectivity index (χ0n) is 18.8. The molecule has 0 amide bonds. The van der Waals surface area contributed by atoms with E-state index in [0.717, 1.165) is 43.1 Å². The monoisotopic (exact) mass is 441 g/mol. The minimum Gasteiger partial charge on any atom is -0.438 e. The summed E-state index contributed by atoms with van der Waals surface area (Å²) in [6, 6.07) is 18.3. The molecule has 2 aliphatic rings. The molecule has 7 nitrogen and oxygen atoms in total. The van der Waals surface area contributed by atoms with Crippen LogP contribution in [0.25, 0.3) is 11.1 Å². The Hall–Kier alpha value is -3.47. The molecule has 5 rings (SSSR count). The number of nitriles is 1. The van der Waals surface area contributed by atoms with Crippen LogP contribution in [0.3, 0.4) is 0 Å². The Morgan fingerprint density at radius 2 is 1.91 bits per heavy atom. The van der Waals surface area contributed by atoms with Gasteiger partial charge in [0.2, 0.25) is 5.88 Å². The highest BCUT2D eigenvalue weighted by Gasteiger charge is 2.18. The lowest BCUT2D eigenvalue weighted by Crippen LogP contribution is -2.36. The second kappa shape index (κ2) is 9.57. The van der Waals surface area contributed by atoms with Crippen molar-refractivity contribution in [2.24, 2.45) is 0 Å². The first kappa shape index (κ1) is 21.4. The minimum absolute atomic E-state index is 0.467. The number of rotatable bonds is 5. The third-order valence-electron chi connectivity index (χ3n) is 6.21. The fourth-order valence-corrected chi connectivity index (χ4v) is 4.43. The molecule has 0 spiro atoms. The Bertz CT molecular complexity index is 1160. The molecule has 33 heavy (non-hydrogen) atoms. The van der Waals surface area contributed by atoms with Crippen molar-refractivity contribution in [1.29, 1.82) is 5.26 Å². The molecule has 7 heteroatoms. The number of hydrogen-bond acceptors (Lipinski definition) is 7. The minimum atomic E-state index is 0.467. The van der Waals surface area contributed by atoms with Crippen LogP contribution in [0.5, 0.6) is 11.6 Å². The van der Waals surface area contributed by atoms with Crippen LogP contribution in [0.1, 0.15) is 29.3 Å². The van der Waals surface area contributed by atoms with Crippen LogP contribution in [-0.4, -0.2) is 49.4 Å². The largest absolute Gasteiger partial charge is 0.438 e. The van der Waals surface area contributed by atoms with Gasteiger partial charge < -0.3 is 19.7 Å². The van der Waals surface area contributed by atoms with Gasteiger partial charge >= 0.3 is 0 Å². The van der Waals surface area contributed by atoms with E-state index in [0.29, 0.717) is 42.1 Å². The molecule has 1 atom stereocenters. The van der Waals surface area contributed by atoms with Crippen LogP contribution >= 0.6 is 0 Å². The van der Waals surface area contributed by atoms with E-state index in [4.69, 9.17) is 9.47 Å². The molecule has 1 N–H and O–H groups in total. The number of hydrogen-bond donors (Lipinski definition) is 1. The molecular weight excluding hydrogens is 414 g/mol. The summed E-state index contributed by atoms with van der Waals surface area (Å²) in [6.45, 7) is 6.90. The van der Waals surface area contributed by atoms with E-state index >= 15 is 0 Å². The van der Waals surface area contributed by atoms with Crippen LogP contribution < -0.4 is 15.0 Å². The van der Waals surface area contributed by atoms with Gasteiger partial charge in [0.25, 0.3) is 0 Å². The molecular formula is C26H27N5O2. The average molecular weight is 442 g/mol. The molecule has 0 radical (unpaired) electrons. The summed E-state index contributed by atoms with van der Waals surface area (Å²) in [4.78, 5) is 11.3. The van der Waals surface area contributed by atoms with Gasteiger partial charge in [0.15, 0.2) is 0 Å². The third kappa shape index (κ3) is 4.82. The number of ether oxygens (including phenoxy) is 2. The van der Waals surface area contributed by atoms with Crippen molar-refractivity contribution >= 4 is 5.82 Å². The van der Waals surface area contributed by atoms with Crippen LogP contribution in [0.2, 0.25) is 0 Å². The van der Waals surface area contributed by atoms with E-state index in [9.17, 15) is 5.26 Å². The van der Waals surface area contributed by atoms with Gasteiger partial charge in [0, 0.05) is 31.3 Å². The Morgan fingerprint density at radius 1 is 1.09 bits per heavy atom. The van der Waals surface area contributed by atoms with Gasteiger partial charge in [-0.3, -0.25) is 0 Å². The zero-order valence-corrected chi connectivity index (χ0v) is 18.8. The van der Waals surface area contributed by atoms with Crippen molar-refractivity contribution in [3.05, 3.63) is 65.5 Å². The summed E-state index contributed by atoms with van der Waals surface area (Å²) in [5.74, 6) is 3.11. The van der Waals surface area contributed by atoms with Crippen molar-refractivity contribution < 1.29 is 9.47 Å². The van der Waals surface area contributed by atoms with Gasteiger partial charge in [-0.05, 0) is 55.1 Å². The van der Waals surface area contributed by atoms with E-state index in [1.807, 2.05) is 25.1 Å². The molecule has 3 aromatic rings. The second-order valence-corrected chi connectivity index (χ2v) is 8.45. The van der Waals surface area contributed by atoms with Crippen molar-refractivity contribution in [2.45, 2.75) is 19.3 Å². The number of aromatic nitrogens is 2. The molecule has 0 aliphatic carbocycles. The highest BCUT2D eigenvalue weighted by atomic mass is 16.5. The van der Waals surface area contributed by atoms with Gasteiger partial charge in [0.05, 0.1) is 24.8 Å². The Kier molecular flexibility index (Phi) is 6.20. The quantitative estimate of drug-likeness (QED) is 0.640. The number of anilines is 1. The van der Waals surface area contributed by atoms with Crippen molar-refractivity contribution in [3.8, 4) is 28.8 Å². The summed E-state index contributed by atoms with van der Waals surface area (Å²) < 4.78 is 11.7. The van der Waals surface area contributed by atoms with E-state index in [1.165, 1.54) is 12.0 Å². The number of morpholine rings is 1. The Balaban J connectivity index is 1.46. The number of nitrogens with one attached hydrogen (secondary N) is 1. The number of aryl methyl sites for hydroxylation is 1. The highest BCUT2D eigenvalue weighted by molar-refractivity contribution is 5.72. The summed E-state index contributed by atoms with van der Waals surface area (Å²) in [7, 11) is 0. The molecule has 2 aromatic carbocycles. The lowest BCUT2D eigenvalue weighted by atomic mass is 9.95. The topological polar surface area (TPSA) is 83.3 Å². The summed E-state index contributed by atoms with van der Waals surface area (Å²) in [6.07, 6.45) is 1.17. The van der Waals surface area contributed by atoms with E-state index in [1.54, 1.807) is 6.07 Å². The van der Waals surface area contributed by atoms with Gasteiger partial charge in [-0.2, -0.15) is 10.2 Å². The first-order valence-electron chi connectivity index (χ1n) is 11.4. The van der Waals surface area contributed by atoms with E-state index < -0.39 is 0 Å². The lowest BCUT2D eigenvalue weighted by molar-refractivity contribution is 0.122. The van der Waals surface area contributed by atoms with Gasteiger partial charge in [-0.25, -0.2) is 4.98 Å². The molecule has 1 aromatic heterocycles. The van der Waals surface area contributed by atoms with Crippen LogP contribution in [0.4, 0.5) is 5.82 Å². The Morgan fingerprint density at radius 3 is 2.64 bits per heavy atom. The second-order valence-electron chi connectivity index (χ2n) is 8.45. The molecule has 2 fully saturated rings. The Labute approximate surface area is 194 Å². The van der Waals surface area contributed by atoms with Crippen molar-refractivity contribution in [3.63, 3.8) is 0 Å². The molecule has 0 bridgehead atoms. The first-order chi connectivity index (χ1) is 16.2. The predicted molar refractivity (Wildman–Crippen MR) is 127 cm³/mol. The fraction of sp³-hybridized carbons (Fsp3) is 0.346. The lowest BCUT2D eigenvalue weighted by Gasteiger charge is -2.28. The molecule has 0 saturated carbocycles. The van der Waals surface area contributed by atoms with Gasteiger partial charge in [0.1, 0.15) is 17.4 Å². The first-order valence-corrected chi connectivity index (χ1v) is 11.4. The normalized spacial score (nSPS) is 18.2. The standard InChI is InChI=1S/C26H27N5O2/c1-18-29-25(31-10-12-32-13-11-31)15-26(30-18)33-24-14-19(16-27)2-7-23(24)21-5-3-20(4-6-21)22-8-9-28-17-22/h2-7,14-15,22,28H,8-13,17H2,1H3.